The molecule has 1 aromatic rings. The molecule has 0 saturated carbocycles. The molecular formula is C15H19BrFNO2. The second-order valence-electron chi connectivity index (χ2n) is 5.08. The van der Waals surface area contributed by atoms with E-state index in [1.54, 1.807) is 6.07 Å². The van der Waals surface area contributed by atoms with Gasteiger partial charge in [0.05, 0.1) is 12.5 Å². The van der Waals surface area contributed by atoms with Crippen LogP contribution in [-0.4, -0.2) is 30.6 Å². The Bertz CT molecular complexity index is 453. The SMILES string of the molecule is CCOC(=O)C1CCN(Cc2cc(F)cc(Br)c2)CC1. The van der Waals surface area contributed by atoms with Gasteiger partial charge < -0.3 is 4.74 Å². The maximum absolute atomic E-state index is 13.3. The predicted molar refractivity (Wildman–Crippen MR) is 78.7 cm³/mol. The van der Waals surface area contributed by atoms with Gasteiger partial charge >= 0.3 is 5.97 Å². The van der Waals surface area contributed by atoms with Gasteiger partial charge in [0, 0.05) is 11.0 Å². The molecule has 0 atom stereocenters. The van der Waals surface area contributed by atoms with E-state index in [9.17, 15) is 9.18 Å². The average molecular weight is 344 g/mol. The Morgan fingerprint density at radius 1 is 1.40 bits per heavy atom. The molecule has 2 rings (SSSR count). The molecule has 0 bridgehead atoms. The van der Waals surface area contributed by atoms with Crippen LogP contribution in [0.4, 0.5) is 4.39 Å². The topological polar surface area (TPSA) is 29.5 Å². The molecule has 1 saturated heterocycles. The Morgan fingerprint density at radius 2 is 2.10 bits per heavy atom. The highest BCUT2D eigenvalue weighted by molar-refractivity contribution is 9.10. The summed E-state index contributed by atoms with van der Waals surface area (Å²) in [5.74, 6) is -0.290. The number of carbonyl (C=O) groups excluding carboxylic acids is 1. The van der Waals surface area contributed by atoms with Crippen LogP contribution in [0.5, 0.6) is 0 Å². The van der Waals surface area contributed by atoms with E-state index in [1.165, 1.54) is 6.07 Å². The minimum Gasteiger partial charge on any atom is -0.466 e. The van der Waals surface area contributed by atoms with E-state index < -0.39 is 0 Å². The number of halogens is 2. The van der Waals surface area contributed by atoms with Crippen molar-refractivity contribution in [2.45, 2.75) is 26.3 Å². The summed E-state index contributed by atoms with van der Waals surface area (Å²) in [5.41, 5.74) is 0.950. The first kappa shape index (κ1) is 15.4. The standard InChI is InChI=1S/C15H19BrFNO2/c1-2-20-15(19)12-3-5-18(6-4-12)10-11-7-13(16)9-14(17)8-11/h7-9,12H,2-6,10H2,1H3. The largest absolute Gasteiger partial charge is 0.466 e. The molecule has 0 spiro atoms. The Balaban J connectivity index is 1.86. The first-order valence-electron chi connectivity index (χ1n) is 6.92. The first-order valence-corrected chi connectivity index (χ1v) is 7.71. The van der Waals surface area contributed by atoms with E-state index in [-0.39, 0.29) is 17.7 Å². The minimum atomic E-state index is -0.226. The number of piperidine rings is 1. The summed E-state index contributed by atoms with van der Waals surface area (Å²) in [6.45, 7) is 4.67. The van der Waals surface area contributed by atoms with Crippen molar-refractivity contribution in [1.29, 1.82) is 0 Å². The molecule has 0 N–H and O–H groups in total. The number of benzene rings is 1. The Hall–Kier alpha value is -0.940. The fourth-order valence-electron chi connectivity index (χ4n) is 2.55. The lowest BCUT2D eigenvalue weighted by molar-refractivity contribution is -0.149. The monoisotopic (exact) mass is 343 g/mol. The van der Waals surface area contributed by atoms with Crippen molar-refractivity contribution in [2.24, 2.45) is 5.92 Å². The second kappa shape index (κ2) is 7.18. The molecule has 3 nitrogen and oxygen atoms in total. The van der Waals surface area contributed by atoms with E-state index in [0.717, 1.165) is 36.0 Å². The third-order valence-corrected chi connectivity index (χ3v) is 3.99. The Kier molecular flexibility index (Phi) is 5.54. The highest BCUT2D eigenvalue weighted by atomic mass is 79.9. The van der Waals surface area contributed by atoms with Gasteiger partial charge in [-0.3, -0.25) is 9.69 Å². The molecule has 0 radical (unpaired) electrons. The molecule has 5 heteroatoms. The summed E-state index contributed by atoms with van der Waals surface area (Å²) >= 11 is 3.30. The van der Waals surface area contributed by atoms with Crippen LogP contribution in [0.25, 0.3) is 0 Å². The van der Waals surface area contributed by atoms with Crippen LogP contribution in [-0.2, 0) is 16.1 Å². The van der Waals surface area contributed by atoms with Crippen molar-refractivity contribution in [2.75, 3.05) is 19.7 Å². The van der Waals surface area contributed by atoms with Crippen LogP contribution >= 0.6 is 15.9 Å². The summed E-state index contributed by atoms with van der Waals surface area (Å²) < 4.78 is 19.1. The quantitative estimate of drug-likeness (QED) is 0.785. The van der Waals surface area contributed by atoms with Crippen molar-refractivity contribution in [1.82, 2.24) is 4.90 Å². The fraction of sp³-hybridized carbons (Fsp3) is 0.533. The van der Waals surface area contributed by atoms with Gasteiger partial charge in [0.25, 0.3) is 0 Å². The number of carbonyl (C=O) groups is 1. The van der Waals surface area contributed by atoms with Crippen molar-refractivity contribution in [3.8, 4) is 0 Å². The third kappa shape index (κ3) is 4.28. The van der Waals surface area contributed by atoms with Gasteiger partial charge in [0.15, 0.2) is 0 Å². The van der Waals surface area contributed by atoms with Gasteiger partial charge in [-0.05, 0) is 56.6 Å². The predicted octanol–water partition coefficient (Wildman–Crippen LogP) is 3.36. The van der Waals surface area contributed by atoms with E-state index in [4.69, 9.17) is 4.74 Å². The maximum atomic E-state index is 13.3. The van der Waals surface area contributed by atoms with Crippen LogP contribution in [0.1, 0.15) is 25.3 Å². The molecule has 1 aliphatic heterocycles. The maximum Gasteiger partial charge on any atom is 0.309 e. The van der Waals surface area contributed by atoms with Crippen LogP contribution in [0, 0.1) is 11.7 Å². The van der Waals surface area contributed by atoms with E-state index in [0.29, 0.717) is 13.2 Å². The van der Waals surface area contributed by atoms with Crippen molar-refractivity contribution >= 4 is 21.9 Å². The molecule has 20 heavy (non-hydrogen) atoms. The normalized spacial score (nSPS) is 17.1. The fourth-order valence-corrected chi connectivity index (χ4v) is 3.06. The van der Waals surface area contributed by atoms with E-state index >= 15 is 0 Å². The zero-order valence-electron chi connectivity index (χ0n) is 11.6. The summed E-state index contributed by atoms with van der Waals surface area (Å²) in [6, 6.07) is 4.94. The highest BCUT2D eigenvalue weighted by Gasteiger charge is 2.25. The Labute approximate surface area is 127 Å². The summed E-state index contributed by atoms with van der Waals surface area (Å²) in [7, 11) is 0. The zero-order chi connectivity index (χ0) is 14.5. The van der Waals surface area contributed by atoms with Crippen LogP contribution in [0.2, 0.25) is 0 Å². The second-order valence-corrected chi connectivity index (χ2v) is 6.00. The molecule has 1 heterocycles. The van der Waals surface area contributed by atoms with Crippen molar-refractivity contribution < 1.29 is 13.9 Å². The lowest BCUT2D eigenvalue weighted by atomic mass is 9.96. The summed E-state index contributed by atoms with van der Waals surface area (Å²) in [5, 5.41) is 0. The van der Waals surface area contributed by atoms with Gasteiger partial charge in [-0.15, -0.1) is 0 Å². The number of hydrogen-bond acceptors (Lipinski definition) is 3. The molecule has 110 valence electrons. The minimum absolute atomic E-state index is 0.0189. The van der Waals surface area contributed by atoms with Gasteiger partial charge in [-0.2, -0.15) is 0 Å². The van der Waals surface area contributed by atoms with Crippen LogP contribution in [0.15, 0.2) is 22.7 Å². The summed E-state index contributed by atoms with van der Waals surface area (Å²) in [4.78, 5) is 13.9. The Morgan fingerprint density at radius 3 is 2.70 bits per heavy atom. The molecule has 1 aromatic carbocycles. The number of likely N-dealkylation sites (tertiary alicyclic amines) is 1. The zero-order valence-corrected chi connectivity index (χ0v) is 13.2. The number of ether oxygens (including phenoxy) is 1. The van der Waals surface area contributed by atoms with Crippen LogP contribution in [0.3, 0.4) is 0 Å². The van der Waals surface area contributed by atoms with Gasteiger partial charge in [-0.25, -0.2) is 4.39 Å². The number of hydrogen-bond donors (Lipinski definition) is 0. The molecular weight excluding hydrogens is 325 g/mol. The highest BCUT2D eigenvalue weighted by Crippen LogP contribution is 2.22. The molecule has 1 aliphatic rings. The number of esters is 1. The third-order valence-electron chi connectivity index (χ3n) is 3.54. The van der Waals surface area contributed by atoms with Crippen LogP contribution < -0.4 is 0 Å². The van der Waals surface area contributed by atoms with Gasteiger partial charge in [0.2, 0.25) is 0 Å². The van der Waals surface area contributed by atoms with Gasteiger partial charge in [-0.1, -0.05) is 15.9 Å². The van der Waals surface area contributed by atoms with E-state index in [2.05, 4.69) is 20.8 Å². The first-order chi connectivity index (χ1) is 9.58. The van der Waals surface area contributed by atoms with Crippen molar-refractivity contribution in [3.05, 3.63) is 34.1 Å². The average Bonchev–Trinajstić information content (AvgIpc) is 2.38. The molecule has 0 aliphatic carbocycles. The lowest BCUT2D eigenvalue weighted by Crippen LogP contribution is -2.36. The lowest BCUT2D eigenvalue weighted by Gasteiger charge is -2.30. The number of rotatable bonds is 4. The summed E-state index contributed by atoms with van der Waals surface area (Å²) in [6.07, 6.45) is 1.63. The smallest absolute Gasteiger partial charge is 0.309 e. The van der Waals surface area contributed by atoms with Crippen molar-refractivity contribution in [3.63, 3.8) is 0 Å². The molecule has 0 aromatic heterocycles. The molecule has 1 fully saturated rings. The van der Waals surface area contributed by atoms with Gasteiger partial charge in [0.1, 0.15) is 5.82 Å². The molecule has 0 unspecified atom stereocenters. The van der Waals surface area contributed by atoms with E-state index in [1.807, 2.05) is 13.0 Å². The number of nitrogens with zero attached hydrogens (tertiary/aromatic N) is 1. The molecule has 0 amide bonds.